The molecule has 0 saturated carbocycles. The molecule has 0 fully saturated rings. The summed E-state index contributed by atoms with van der Waals surface area (Å²) in [7, 11) is 0. The first-order valence-electron chi connectivity index (χ1n) is 4.43. The van der Waals surface area contributed by atoms with E-state index >= 15 is 0 Å². The van der Waals surface area contributed by atoms with Crippen LogP contribution in [-0.4, -0.2) is 34.2 Å². The summed E-state index contributed by atoms with van der Waals surface area (Å²) in [6, 6.07) is 3.09. The van der Waals surface area contributed by atoms with Crippen LogP contribution in [0, 0.1) is 0 Å². The Hall–Kier alpha value is -0.810. The quantitative estimate of drug-likeness (QED) is 0.876. The van der Waals surface area contributed by atoms with Gasteiger partial charge in [-0.05, 0) is 18.4 Å². The van der Waals surface area contributed by atoms with Crippen LogP contribution in [0.25, 0.3) is 0 Å². The van der Waals surface area contributed by atoms with Crippen LogP contribution >= 0.6 is 23.4 Å². The van der Waals surface area contributed by atoms with Gasteiger partial charge in [-0.25, -0.2) is 0 Å². The van der Waals surface area contributed by atoms with Crippen LogP contribution in [0.1, 0.15) is 17.4 Å². The second-order valence-electron chi connectivity index (χ2n) is 3.00. The van der Waals surface area contributed by atoms with E-state index in [9.17, 15) is 4.79 Å². The molecule has 0 aliphatic heterocycles. The van der Waals surface area contributed by atoms with Gasteiger partial charge < -0.3 is 5.32 Å². The number of hydrogen-bond donors (Lipinski definition) is 1. The van der Waals surface area contributed by atoms with Crippen LogP contribution in [0.4, 0.5) is 0 Å². The van der Waals surface area contributed by atoms with Crippen molar-refractivity contribution < 1.29 is 4.79 Å². The number of rotatable bonds is 4. The van der Waals surface area contributed by atoms with Crippen LogP contribution in [-0.2, 0) is 0 Å². The molecule has 82 valence electrons. The SMILES string of the molecule is CSC(C)CNC(=O)c1ccc(Cl)nn1. The summed E-state index contributed by atoms with van der Waals surface area (Å²) in [6.45, 7) is 2.66. The fraction of sp³-hybridized carbons (Fsp3) is 0.444. The predicted molar refractivity (Wildman–Crippen MR) is 62.4 cm³/mol. The number of carbonyl (C=O) groups excluding carboxylic acids is 1. The molecule has 0 aromatic carbocycles. The van der Waals surface area contributed by atoms with Gasteiger partial charge >= 0.3 is 0 Å². The molecule has 1 amide bonds. The molecule has 0 radical (unpaired) electrons. The van der Waals surface area contributed by atoms with Crippen LogP contribution in [0.5, 0.6) is 0 Å². The van der Waals surface area contributed by atoms with Crippen molar-refractivity contribution in [1.82, 2.24) is 15.5 Å². The maximum Gasteiger partial charge on any atom is 0.271 e. The minimum Gasteiger partial charge on any atom is -0.350 e. The fourth-order valence-electron chi connectivity index (χ4n) is 0.847. The largest absolute Gasteiger partial charge is 0.350 e. The smallest absolute Gasteiger partial charge is 0.271 e. The van der Waals surface area contributed by atoms with E-state index in [1.54, 1.807) is 23.9 Å². The number of aromatic nitrogens is 2. The highest BCUT2D eigenvalue weighted by molar-refractivity contribution is 7.99. The van der Waals surface area contributed by atoms with Crippen LogP contribution in [0.15, 0.2) is 12.1 Å². The average molecular weight is 246 g/mol. The highest BCUT2D eigenvalue weighted by atomic mass is 35.5. The number of thioether (sulfide) groups is 1. The van der Waals surface area contributed by atoms with Crippen molar-refractivity contribution in [1.29, 1.82) is 0 Å². The standard InChI is InChI=1S/C9H12ClN3OS/c1-6(15-2)5-11-9(14)7-3-4-8(10)13-12-7/h3-4,6H,5H2,1-2H3,(H,11,14). The molecule has 0 bridgehead atoms. The van der Waals surface area contributed by atoms with E-state index in [0.29, 0.717) is 11.8 Å². The zero-order chi connectivity index (χ0) is 11.3. The lowest BCUT2D eigenvalue weighted by atomic mass is 10.3. The third kappa shape index (κ3) is 4.05. The molecule has 1 N–H and O–H groups in total. The van der Waals surface area contributed by atoms with E-state index in [0.717, 1.165) is 0 Å². The summed E-state index contributed by atoms with van der Waals surface area (Å²) in [5.74, 6) is -0.222. The van der Waals surface area contributed by atoms with Gasteiger partial charge in [0.15, 0.2) is 10.8 Å². The predicted octanol–water partition coefficient (Wildman–Crippen LogP) is 1.61. The molecule has 0 saturated heterocycles. The zero-order valence-corrected chi connectivity index (χ0v) is 10.1. The first kappa shape index (κ1) is 12.3. The molecular formula is C9H12ClN3OS. The molecule has 0 spiro atoms. The number of carbonyl (C=O) groups is 1. The Labute approximate surface area is 97.8 Å². The highest BCUT2D eigenvalue weighted by Gasteiger charge is 2.08. The zero-order valence-electron chi connectivity index (χ0n) is 8.53. The van der Waals surface area contributed by atoms with E-state index in [2.05, 4.69) is 15.5 Å². The second kappa shape index (κ2) is 5.92. The summed E-state index contributed by atoms with van der Waals surface area (Å²) in [5.41, 5.74) is 0.285. The van der Waals surface area contributed by atoms with E-state index in [4.69, 9.17) is 11.6 Å². The summed E-state index contributed by atoms with van der Waals surface area (Å²) >= 11 is 7.25. The van der Waals surface area contributed by atoms with E-state index in [1.165, 1.54) is 0 Å². The van der Waals surface area contributed by atoms with E-state index in [1.807, 2.05) is 13.2 Å². The Morgan fingerprint density at radius 1 is 1.60 bits per heavy atom. The van der Waals surface area contributed by atoms with Gasteiger partial charge in [0.1, 0.15) is 0 Å². The van der Waals surface area contributed by atoms with Crippen molar-refractivity contribution in [2.24, 2.45) is 0 Å². The molecule has 0 aliphatic rings. The van der Waals surface area contributed by atoms with Crippen molar-refractivity contribution >= 4 is 29.3 Å². The molecule has 1 rings (SSSR count). The lowest BCUT2D eigenvalue weighted by Crippen LogP contribution is -2.30. The first-order chi connectivity index (χ1) is 7.13. The molecule has 15 heavy (non-hydrogen) atoms. The maximum atomic E-state index is 11.5. The van der Waals surface area contributed by atoms with Gasteiger partial charge in [-0.1, -0.05) is 18.5 Å². The molecule has 6 heteroatoms. The third-order valence-corrected chi connectivity index (χ3v) is 2.99. The number of halogens is 1. The Balaban J connectivity index is 2.50. The van der Waals surface area contributed by atoms with Gasteiger partial charge in [-0.15, -0.1) is 10.2 Å². The Kier molecular flexibility index (Phi) is 4.84. The van der Waals surface area contributed by atoms with Crippen LogP contribution in [0.3, 0.4) is 0 Å². The number of amides is 1. The lowest BCUT2D eigenvalue weighted by Gasteiger charge is -2.08. The Morgan fingerprint density at radius 2 is 2.33 bits per heavy atom. The number of nitrogens with zero attached hydrogens (tertiary/aromatic N) is 2. The minimum absolute atomic E-state index is 0.222. The summed E-state index contributed by atoms with van der Waals surface area (Å²) in [5, 5.41) is 10.7. The summed E-state index contributed by atoms with van der Waals surface area (Å²) in [6.07, 6.45) is 2.00. The molecule has 4 nitrogen and oxygen atoms in total. The third-order valence-electron chi connectivity index (χ3n) is 1.82. The van der Waals surface area contributed by atoms with Gasteiger partial charge in [0.25, 0.3) is 5.91 Å². The van der Waals surface area contributed by atoms with Crippen LogP contribution in [0.2, 0.25) is 5.15 Å². The van der Waals surface area contributed by atoms with Crippen molar-refractivity contribution in [3.63, 3.8) is 0 Å². The number of hydrogen-bond acceptors (Lipinski definition) is 4. The highest BCUT2D eigenvalue weighted by Crippen LogP contribution is 2.04. The molecule has 1 heterocycles. The van der Waals surface area contributed by atoms with Crippen molar-refractivity contribution in [3.8, 4) is 0 Å². The number of nitrogens with one attached hydrogen (secondary N) is 1. The molecule has 1 unspecified atom stereocenters. The van der Waals surface area contributed by atoms with Gasteiger partial charge in [-0.2, -0.15) is 11.8 Å². The Bertz CT molecular complexity index is 331. The van der Waals surface area contributed by atoms with Gasteiger partial charge in [-0.3, -0.25) is 4.79 Å². The van der Waals surface area contributed by atoms with E-state index in [-0.39, 0.29) is 16.8 Å². The Morgan fingerprint density at radius 3 is 2.87 bits per heavy atom. The van der Waals surface area contributed by atoms with Crippen molar-refractivity contribution in [3.05, 3.63) is 23.0 Å². The van der Waals surface area contributed by atoms with Crippen molar-refractivity contribution in [2.75, 3.05) is 12.8 Å². The van der Waals surface area contributed by atoms with Gasteiger partial charge in [0, 0.05) is 11.8 Å². The molecule has 1 atom stereocenters. The molecule has 1 aromatic rings. The van der Waals surface area contributed by atoms with Gasteiger partial charge in [0.2, 0.25) is 0 Å². The monoisotopic (exact) mass is 245 g/mol. The first-order valence-corrected chi connectivity index (χ1v) is 6.10. The van der Waals surface area contributed by atoms with Crippen LogP contribution < -0.4 is 5.32 Å². The second-order valence-corrected chi connectivity index (χ2v) is 4.66. The lowest BCUT2D eigenvalue weighted by molar-refractivity contribution is 0.0948. The summed E-state index contributed by atoms with van der Waals surface area (Å²) in [4.78, 5) is 11.5. The van der Waals surface area contributed by atoms with Crippen molar-refractivity contribution in [2.45, 2.75) is 12.2 Å². The minimum atomic E-state index is -0.222. The average Bonchev–Trinajstić information content (AvgIpc) is 2.26. The maximum absolute atomic E-state index is 11.5. The van der Waals surface area contributed by atoms with Gasteiger partial charge in [0.05, 0.1) is 0 Å². The topological polar surface area (TPSA) is 54.9 Å². The molecular weight excluding hydrogens is 234 g/mol. The molecule has 1 aromatic heterocycles. The van der Waals surface area contributed by atoms with E-state index < -0.39 is 0 Å². The fourth-order valence-corrected chi connectivity index (χ4v) is 1.20. The normalized spacial score (nSPS) is 12.2. The summed E-state index contributed by atoms with van der Waals surface area (Å²) < 4.78 is 0. The molecule has 0 aliphatic carbocycles.